The Labute approximate surface area is 117 Å². The third-order valence-corrected chi connectivity index (χ3v) is 3.85. The van der Waals surface area contributed by atoms with Crippen LogP contribution in [0.3, 0.4) is 0 Å². The number of halogens is 1. The lowest BCUT2D eigenvalue weighted by Gasteiger charge is -2.26. The van der Waals surface area contributed by atoms with Gasteiger partial charge in [-0.3, -0.25) is 0 Å². The van der Waals surface area contributed by atoms with Crippen LogP contribution in [-0.2, 0) is 0 Å². The number of benzene rings is 1. The van der Waals surface area contributed by atoms with Crippen LogP contribution in [0, 0.1) is 0 Å². The second-order valence-corrected chi connectivity index (χ2v) is 5.47. The Morgan fingerprint density at radius 1 is 1.16 bits per heavy atom. The van der Waals surface area contributed by atoms with Gasteiger partial charge >= 0.3 is 0 Å². The minimum absolute atomic E-state index is 0.393. The number of hydrogen-bond acceptors (Lipinski definition) is 4. The van der Waals surface area contributed by atoms with E-state index in [-0.39, 0.29) is 0 Å². The molecule has 1 aliphatic rings. The first-order chi connectivity index (χ1) is 9.22. The molecule has 2 heterocycles. The van der Waals surface area contributed by atoms with E-state index in [9.17, 15) is 0 Å². The fraction of sp³-hybridized carbons (Fsp3) is 0.429. The molecule has 1 aromatic heterocycles. The van der Waals surface area contributed by atoms with E-state index in [0.29, 0.717) is 16.8 Å². The van der Waals surface area contributed by atoms with Gasteiger partial charge in [-0.1, -0.05) is 11.6 Å². The molecule has 1 saturated heterocycles. The Balaban J connectivity index is 1.77. The second kappa shape index (κ2) is 5.31. The van der Waals surface area contributed by atoms with Crippen LogP contribution >= 0.6 is 11.6 Å². The first-order valence-electron chi connectivity index (χ1n) is 6.50. The van der Waals surface area contributed by atoms with Crippen molar-refractivity contribution in [3.05, 3.63) is 35.2 Å². The van der Waals surface area contributed by atoms with Crippen molar-refractivity contribution in [3.63, 3.8) is 0 Å². The van der Waals surface area contributed by atoms with Crippen molar-refractivity contribution in [2.75, 3.05) is 20.1 Å². The molecule has 19 heavy (non-hydrogen) atoms. The van der Waals surface area contributed by atoms with Crippen LogP contribution in [0.4, 0.5) is 0 Å². The average molecular weight is 278 g/mol. The largest absolute Gasteiger partial charge is 0.420 e. The van der Waals surface area contributed by atoms with Crippen molar-refractivity contribution >= 4 is 11.6 Å². The van der Waals surface area contributed by atoms with Gasteiger partial charge in [-0.25, -0.2) is 0 Å². The molecule has 0 aliphatic carbocycles. The molecule has 0 N–H and O–H groups in total. The third-order valence-electron chi connectivity index (χ3n) is 3.60. The van der Waals surface area contributed by atoms with Crippen molar-refractivity contribution in [2.24, 2.45) is 0 Å². The van der Waals surface area contributed by atoms with Crippen molar-refractivity contribution < 1.29 is 4.42 Å². The van der Waals surface area contributed by atoms with Crippen LogP contribution < -0.4 is 0 Å². The van der Waals surface area contributed by atoms with Gasteiger partial charge in [0.25, 0.3) is 0 Å². The Morgan fingerprint density at radius 3 is 2.53 bits per heavy atom. The van der Waals surface area contributed by atoms with E-state index in [0.717, 1.165) is 37.4 Å². The average Bonchev–Trinajstić information content (AvgIpc) is 2.90. The fourth-order valence-corrected chi connectivity index (χ4v) is 2.49. The Kier molecular flexibility index (Phi) is 3.53. The number of rotatable bonds is 2. The Bertz CT molecular complexity index is 544. The molecule has 0 spiro atoms. The first kappa shape index (κ1) is 12.6. The normalized spacial score (nSPS) is 17.8. The van der Waals surface area contributed by atoms with Crippen LogP contribution in [0.5, 0.6) is 0 Å². The van der Waals surface area contributed by atoms with Gasteiger partial charge in [-0.05, 0) is 57.2 Å². The third kappa shape index (κ3) is 2.80. The minimum atomic E-state index is 0.393. The summed E-state index contributed by atoms with van der Waals surface area (Å²) in [5.41, 5.74) is 0.913. The van der Waals surface area contributed by atoms with Gasteiger partial charge in [0.2, 0.25) is 11.8 Å². The molecule has 1 aliphatic heterocycles. The lowest BCUT2D eigenvalue weighted by Crippen LogP contribution is -2.29. The summed E-state index contributed by atoms with van der Waals surface area (Å²) < 4.78 is 5.80. The molecule has 100 valence electrons. The molecule has 1 fully saturated rings. The maximum atomic E-state index is 5.87. The van der Waals surface area contributed by atoms with E-state index < -0.39 is 0 Å². The highest BCUT2D eigenvalue weighted by Crippen LogP contribution is 2.29. The van der Waals surface area contributed by atoms with Gasteiger partial charge in [0.05, 0.1) is 0 Å². The highest BCUT2D eigenvalue weighted by Gasteiger charge is 2.23. The van der Waals surface area contributed by atoms with E-state index in [2.05, 4.69) is 22.1 Å². The van der Waals surface area contributed by atoms with E-state index in [1.165, 1.54) is 0 Å². The van der Waals surface area contributed by atoms with Crippen molar-refractivity contribution in [3.8, 4) is 11.5 Å². The zero-order chi connectivity index (χ0) is 13.2. The monoisotopic (exact) mass is 277 g/mol. The lowest BCUT2D eigenvalue weighted by molar-refractivity contribution is 0.237. The molecule has 0 amide bonds. The van der Waals surface area contributed by atoms with Crippen molar-refractivity contribution in [1.82, 2.24) is 15.1 Å². The molecule has 0 bridgehead atoms. The summed E-state index contributed by atoms with van der Waals surface area (Å²) >= 11 is 5.87. The number of hydrogen-bond donors (Lipinski definition) is 0. The molecule has 1 aromatic carbocycles. The van der Waals surface area contributed by atoms with Gasteiger partial charge in [-0.15, -0.1) is 10.2 Å². The van der Waals surface area contributed by atoms with Crippen molar-refractivity contribution in [1.29, 1.82) is 0 Å². The van der Waals surface area contributed by atoms with E-state index in [4.69, 9.17) is 16.0 Å². The molecule has 0 radical (unpaired) electrons. The SMILES string of the molecule is CN1CCC(c2nnc(-c3ccc(Cl)cc3)o2)CC1. The number of piperidine rings is 1. The smallest absolute Gasteiger partial charge is 0.247 e. The van der Waals surface area contributed by atoms with Crippen molar-refractivity contribution in [2.45, 2.75) is 18.8 Å². The molecule has 3 rings (SSSR count). The summed E-state index contributed by atoms with van der Waals surface area (Å²) in [7, 11) is 2.14. The molecule has 0 saturated carbocycles. The molecule has 0 atom stereocenters. The summed E-state index contributed by atoms with van der Waals surface area (Å²) in [6.07, 6.45) is 2.16. The van der Waals surface area contributed by atoms with Gasteiger partial charge in [0.15, 0.2) is 0 Å². The molecular formula is C14H16ClN3O. The zero-order valence-corrected chi connectivity index (χ0v) is 11.6. The minimum Gasteiger partial charge on any atom is -0.420 e. The molecule has 5 heteroatoms. The standard InChI is InChI=1S/C14H16ClN3O/c1-18-8-6-11(7-9-18)14-17-16-13(19-14)10-2-4-12(15)5-3-10/h2-5,11H,6-9H2,1H3. The highest BCUT2D eigenvalue weighted by atomic mass is 35.5. The van der Waals surface area contributed by atoms with E-state index >= 15 is 0 Å². The summed E-state index contributed by atoms with van der Waals surface area (Å²) in [4.78, 5) is 2.33. The molecule has 4 nitrogen and oxygen atoms in total. The quantitative estimate of drug-likeness (QED) is 0.845. The topological polar surface area (TPSA) is 42.2 Å². The number of aromatic nitrogens is 2. The second-order valence-electron chi connectivity index (χ2n) is 5.03. The van der Waals surface area contributed by atoms with Gasteiger partial charge < -0.3 is 9.32 Å². The highest BCUT2D eigenvalue weighted by molar-refractivity contribution is 6.30. The Morgan fingerprint density at radius 2 is 1.84 bits per heavy atom. The van der Waals surface area contributed by atoms with E-state index in [1.54, 1.807) is 0 Å². The number of likely N-dealkylation sites (tertiary alicyclic amines) is 1. The predicted octanol–water partition coefficient (Wildman–Crippen LogP) is 3.20. The zero-order valence-electron chi connectivity index (χ0n) is 10.8. The first-order valence-corrected chi connectivity index (χ1v) is 6.88. The predicted molar refractivity (Wildman–Crippen MR) is 74.2 cm³/mol. The fourth-order valence-electron chi connectivity index (χ4n) is 2.36. The van der Waals surface area contributed by atoms with E-state index in [1.807, 2.05) is 24.3 Å². The van der Waals surface area contributed by atoms with Crippen LogP contribution in [0.1, 0.15) is 24.7 Å². The molecular weight excluding hydrogens is 262 g/mol. The van der Waals surface area contributed by atoms with Crippen LogP contribution in [0.2, 0.25) is 5.02 Å². The summed E-state index contributed by atoms with van der Waals surface area (Å²) in [5.74, 6) is 1.73. The lowest BCUT2D eigenvalue weighted by atomic mass is 9.97. The molecule has 0 unspecified atom stereocenters. The maximum Gasteiger partial charge on any atom is 0.247 e. The van der Waals surface area contributed by atoms with Crippen LogP contribution in [-0.4, -0.2) is 35.2 Å². The van der Waals surface area contributed by atoms with Gasteiger partial charge in [-0.2, -0.15) is 0 Å². The van der Waals surface area contributed by atoms with Crippen LogP contribution in [0.25, 0.3) is 11.5 Å². The summed E-state index contributed by atoms with van der Waals surface area (Å²) in [6.45, 7) is 2.17. The van der Waals surface area contributed by atoms with Crippen LogP contribution in [0.15, 0.2) is 28.7 Å². The number of nitrogens with zero attached hydrogens (tertiary/aromatic N) is 3. The molecule has 2 aromatic rings. The Hall–Kier alpha value is -1.39. The van der Waals surface area contributed by atoms with Gasteiger partial charge in [0.1, 0.15) is 0 Å². The summed E-state index contributed by atoms with van der Waals surface area (Å²) in [6, 6.07) is 7.45. The van der Waals surface area contributed by atoms with Gasteiger partial charge in [0, 0.05) is 16.5 Å². The maximum absolute atomic E-state index is 5.87. The summed E-state index contributed by atoms with van der Waals surface area (Å²) in [5, 5.41) is 9.04.